The Hall–Kier alpha value is -2.92. The highest BCUT2D eigenvalue weighted by molar-refractivity contribution is 7.10. The Morgan fingerprint density at radius 2 is 1.70 bits per heavy atom. The van der Waals surface area contributed by atoms with Crippen molar-refractivity contribution in [2.24, 2.45) is 0 Å². The average Bonchev–Trinajstić information content (AvgIpc) is 3.18. The number of benzene rings is 2. The van der Waals surface area contributed by atoms with Crippen molar-refractivity contribution < 1.29 is 14.3 Å². The molecule has 1 amide bonds. The number of rotatable bonds is 6. The lowest BCUT2D eigenvalue weighted by Gasteiger charge is -2.18. The molecule has 0 radical (unpaired) electrons. The van der Waals surface area contributed by atoms with E-state index in [1.165, 1.54) is 0 Å². The summed E-state index contributed by atoms with van der Waals surface area (Å²) in [7, 11) is 0. The van der Waals surface area contributed by atoms with Gasteiger partial charge in [-0.15, -0.1) is 11.3 Å². The Bertz CT molecular complexity index is 900. The fourth-order valence-corrected chi connectivity index (χ4v) is 3.73. The van der Waals surface area contributed by atoms with Crippen LogP contribution in [0.3, 0.4) is 0 Å². The molecule has 0 bridgehead atoms. The van der Waals surface area contributed by atoms with Crippen molar-refractivity contribution in [1.29, 1.82) is 0 Å². The summed E-state index contributed by atoms with van der Waals surface area (Å²) in [5.41, 5.74) is 3.40. The molecule has 0 aliphatic rings. The number of thiophene rings is 1. The van der Waals surface area contributed by atoms with Crippen molar-refractivity contribution in [2.45, 2.75) is 19.9 Å². The number of hydrogen-bond donors (Lipinski definition) is 1. The Morgan fingerprint density at radius 3 is 2.33 bits per heavy atom. The summed E-state index contributed by atoms with van der Waals surface area (Å²) in [6.45, 7) is 3.52. The molecule has 1 aromatic heterocycles. The second kappa shape index (κ2) is 8.64. The van der Waals surface area contributed by atoms with E-state index in [-0.39, 0.29) is 18.6 Å². The summed E-state index contributed by atoms with van der Waals surface area (Å²) < 4.78 is 5.21. The van der Waals surface area contributed by atoms with E-state index in [9.17, 15) is 9.59 Å². The van der Waals surface area contributed by atoms with Crippen LogP contribution in [0, 0.1) is 13.8 Å². The molecular weight excluding hydrogens is 358 g/mol. The van der Waals surface area contributed by atoms with Crippen LogP contribution in [0.5, 0.6) is 0 Å². The van der Waals surface area contributed by atoms with Gasteiger partial charge in [0.1, 0.15) is 0 Å². The van der Waals surface area contributed by atoms with Crippen LogP contribution in [0.25, 0.3) is 0 Å². The number of carbonyl (C=O) groups is 2. The van der Waals surface area contributed by atoms with Gasteiger partial charge in [-0.2, -0.15) is 0 Å². The highest BCUT2D eigenvalue weighted by atomic mass is 32.1. The second-order valence-electron chi connectivity index (χ2n) is 6.38. The van der Waals surface area contributed by atoms with Crippen LogP contribution in [0.2, 0.25) is 0 Å². The zero-order valence-electron chi connectivity index (χ0n) is 15.3. The molecule has 5 heteroatoms. The molecule has 27 heavy (non-hydrogen) atoms. The molecule has 3 rings (SSSR count). The highest BCUT2D eigenvalue weighted by Gasteiger charge is 2.19. The Labute approximate surface area is 162 Å². The van der Waals surface area contributed by atoms with Crippen molar-refractivity contribution in [3.63, 3.8) is 0 Å². The molecule has 0 fully saturated rings. The molecule has 0 aliphatic carbocycles. The molecule has 4 nitrogen and oxygen atoms in total. The number of carbonyl (C=O) groups excluding carboxylic acids is 2. The third kappa shape index (κ3) is 5.05. The van der Waals surface area contributed by atoms with E-state index in [0.717, 1.165) is 21.6 Å². The molecule has 1 heterocycles. The van der Waals surface area contributed by atoms with E-state index in [1.54, 1.807) is 23.5 Å². The van der Waals surface area contributed by atoms with Crippen molar-refractivity contribution in [3.8, 4) is 0 Å². The van der Waals surface area contributed by atoms with Gasteiger partial charge in [-0.1, -0.05) is 53.6 Å². The predicted molar refractivity (Wildman–Crippen MR) is 107 cm³/mol. The van der Waals surface area contributed by atoms with Crippen LogP contribution in [-0.4, -0.2) is 18.5 Å². The maximum Gasteiger partial charge on any atom is 0.338 e. The van der Waals surface area contributed by atoms with Crippen LogP contribution in [0.4, 0.5) is 0 Å². The van der Waals surface area contributed by atoms with E-state index in [2.05, 4.69) is 5.32 Å². The normalized spacial score (nSPS) is 11.6. The summed E-state index contributed by atoms with van der Waals surface area (Å²) in [6, 6.07) is 18.9. The van der Waals surface area contributed by atoms with Gasteiger partial charge in [-0.25, -0.2) is 4.79 Å². The third-order valence-electron chi connectivity index (χ3n) is 4.06. The molecule has 0 saturated heterocycles. The SMILES string of the molecule is Cc1cc(C)cc(C(=O)OCC(=O)N[C@@H](c2ccccc2)c2cccs2)c1. The van der Waals surface area contributed by atoms with Gasteiger partial charge in [0.25, 0.3) is 5.91 Å². The molecule has 138 valence electrons. The zero-order valence-corrected chi connectivity index (χ0v) is 16.1. The molecule has 0 saturated carbocycles. The minimum atomic E-state index is -0.496. The average molecular weight is 379 g/mol. The standard InChI is InChI=1S/C22H21NO3S/c1-15-11-16(2)13-18(12-15)22(25)26-14-20(24)23-21(19-9-6-10-27-19)17-7-4-3-5-8-17/h3-13,21H,14H2,1-2H3,(H,23,24)/t21-/m0/s1. The number of amides is 1. The van der Waals surface area contributed by atoms with Gasteiger partial charge >= 0.3 is 5.97 Å². The maximum absolute atomic E-state index is 12.4. The van der Waals surface area contributed by atoms with E-state index >= 15 is 0 Å². The fourth-order valence-electron chi connectivity index (χ4n) is 2.93. The van der Waals surface area contributed by atoms with Gasteiger partial charge in [0, 0.05) is 4.88 Å². The number of ether oxygens (including phenoxy) is 1. The zero-order chi connectivity index (χ0) is 19.2. The largest absolute Gasteiger partial charge is 0.452 e. The van der Waals surface area contributed by atoms with Gasteiger partial charge in [-0.3, -0.25) is 4.79 Å². The summed E-state index contributed by atoms with van der Waals surface area (Å²) in [4.78, 5) is 25.7. The Balaban J connectivity index is 1.65. The van der Waals surface area contributed by atoms with Gasteiger partial charge in [0.15, 0.2) is 6.61 Å². The molecule has 3 aromatic rings. The van der Waals surface area contributed by atoms with E-state index < -0.39 is 5.97 Å². The first kappa shape index (κ1) is 18.9. The molecule has 0 unspecified atom stereocenters. The smallest absolute Gasteiger partial charge is 0.338 e. The maximum atomic E-state index is 12.4. The number of nitrogens with one attached hydrogen (secondary N) is 1. The van der Waals surface area contributed by atoms with Crippen LogP contribution in [0.1, 0.15) is 38.0 Å². The first-order valence-corrected chi connectivity index (χ1v) is 9.54. The lowest BCUT2D eigenvalue weighted by molar-refractivity contribution is -0.124. The monoisotopic (exact) mass is 379 g/mol. The summed E-state index contributed by atoms with van der Waals surface area (Å²) in [6.07, 6.45) is 0. The lowest BCUT2D eigenvalue weighted by atomic mass is 10.1. The summed E-state index contributed by atoms with van der Waals surface area (Å²) in [5.74, 6) is -0.834. The summed E-state index contributed by atoms with van der Waals surface area (Å²) in [5, 5.41) is 4.93. The minimum Gasteiger partial charge on any atom is -0.452 e. The fraction of sp³-hybridized carbons (Fsp3) is 0.182. The van der Waals surface area contributed by atoms with E-state index in [1.807, 2.05) is 67.8 Å². The van der Waals surface area contributed by atoms with E-state index in [0.29, 0.717) is 5.56 Å². The minimum absolute atomic E-state index is 0.265. The highest BCUT2D eigenvalue weighted by Crippen LogP contribution is 2.25. The predicted octanol–water partition coefficient (Wildman–Crippen LogP) is 4.43. The molecule has 1 atom stereocenters. The Kier molecular flexibility index (Phi) is 6.04. The lowest BCUT2D eigenvalue weighted by Crippen LogP contribution is -2.32. The topological polar surface area (TPSA) is 55.4 Å². The van der Waals surface area contributed by atoms with Crippen molar-refractivity contribution in [2.75, 3.05) is 6.61 Å². The first-order valence-electron chi connectivity index (χ1n) is 8.66. The molecule has 0 spiro atoms. The van der Waals surface area contributed by atoms with Gasteiger partial charge in [0.2, 0.25) is 0 Å². The van der Waals surface area contributed by atoms with Crippen LogP contribution < -0.4 is 5.32 Å². The van der Waals surface area contributed by atoms with Crippen LogP contribution in [0.15, 0.2) is 66.0 Å². The molecule has 2 aromatic carbocycles. The quantitative estimate of drug-likeness (QED) is 0.645. The van der Waals surface area contributed by atoms with Crippen molar-refractivity contribution in [3.05, 3.63) is 93.2 Å². The van der Waals surface area contributed by atoms with Crippen molar-refractivity contribution >= 4 is 23.2 Å². The van der Waals surface area contributed by atoms with E-state index in [4.69, 9.17) is 4.74 Å². The second-order valence-corrected chi connectivity index (χ2v) is 7.36. The molecular formula is C22H21NO3S. The van der Waals surface area contributed by atoms with Crippen molar-refractivity contribution in [1.82, 2.24) is 5.32 Å². The van der Waals surface area contributed by atoms with Crippen LogP contribution >= 0.6 is 11.3 Å². The van der Waals surface area contributed by atoms with Gasteiger partial charge in [0.05, 0.1) is 11.6 Å². The first-order chi connectivity index (χ1) is 13.0. The summed E-state index contributed by atoms with van der Waals surface area (Å²) >= 11 is 1.57. The van der Waals surface area contributed by atoms with Crippen LogP contribution in [-0.2, 0) is 9.53 Å². The molecule has 0 aliphatic heterocycles. The number of hydrogen-bond acceptors (Lipinski definition) is 4. The third-order valence-corrected chi connectivity index (χ3v) is 4.99. The number of esters is 1. The number of aryl methyl sites for hydroxylation is 2. The Morgan fingerprint density at radius 1 is 1.00 bits per heavy atom. The van der Waals surface area contributed by atoms with Gasteiger partial charge in [-0.05, 0) is 43.0 Å². The van der Waals surface area contributed by atoms with Gasteiger partial charge < -0.3 is 10.1 Å². The molecule has 1 N–H and O–H groups in total.